The van der Waals surface area contributed by atoms with Crippen LogP contribution in [0.2, 0.25) is 0 Å². The Labute approximate surface area is 179 Å². The quantitative estimate of drug-likeness (QED) is 0.513. The molecule has 4 nitrogen and oxygen atoms in total. The Bertz CT molecular complexity index is 1100. The molecule has 1 atom stereocenters. The van der Waals surface area contributed by atoms with Crippen LogP contribution in [0.4, 0.5) is 14.5 Å². The third-order valence-electron chi connectivity index (χ3n) is 4.76. The van der Waals surface area contributed by atoms with E-state index in [9.17, 15) is 18.4 Å². The van der Waals surface area contributed by atoms with Crippen LogP contribution in [0.3, 0.4) is 0 Å². The maximum atomic E-state index is 14.1. The lowest BCUT2D eigenvalue weighted by molar-refractivity contribution is -0.117. The standard InChI is InChI=1S/C22H15F2IN2O2/c23-14-7-5-13(6-8-14)21-17-11-15(24)9-10-19(17)26-20(28)12-27(21)22(29)16-3-1-2-4-18(16)25/h1-11,21H,12H2,(H,26,28)/t21-/m1/s1. The summed E-state index contributed by atoms with van der Waals surface area (Å²) in [5.74, 6) is -1.67. The Hall–Kier alpha value is -2.81. The molecule has 0 unspecified atom stereocenters. The molecule has 0 radical (unpaired) electrons. The van der Waals surface area contributed by atoms with Crippen LogP contribution < -0.4 is 5.32 Å². The van der Waals surface area contributed by atoms with Crippen molar-refractivity contribution in [3.05, 3.63) is 98.6 Å². The number of anilines is 1. The SMILES string of the molecule is O=C1CN(C(=O)c2ccccc2I)[C@H](c2ccc(F)cc2)c2cc(F)ccc2N1. The van der Waals surface area contributed by atoms with Crippen molar-refractivity contribution in [2.24, 2.45) is 0 Å². The van der Waals surface area contributed by atoms with Gasteiger partial charge in [0, 0.05) is 14.8 Å². The average molecular weight is 504 g/mol. The largest absolute Gasteiger partial charge is 0.324 e. The normalized spacial score (nSPS) is 16.0. The predicted octanol–water partition coefficient (Wildman–Crippen LogP) is 4.75. The molecule has 0 spiro atoms. The Morgan fingerprint density at radius 1 is 1.00 bits per heavy atom. The summed E-state index contributed by atoms with van der Waals surface area (Å²) >= 11 is 2.06. The lowest BCUT2D eigenvalue weighted by Gasteiger charge is -2.31. The molecule has 2 amide bonds. The highest BCUT2D eigenvalue weighted by atomic mass is 127. The zero-order valence-corrected chi connectivity index (χ0v) is 17.2. The second kappa shape index (κ2) is 7.90. The molecule has 1 aliphatic heterocycles. The zero-order chi connectivity index (χ0) is 20.5. The maximum Gasteiger partial charge on any atom is 0.256 e. The van der Waals surface area contributed by atoms with Crippen LogP contribution in [0.5, 0.6) is 0 Å². The van der Waals surface area contributed by atoms with Crippen LogP contribution in [0, 0.1) is 15.2 Å². The summed E-state index contributed by atoms with van der Waals surface area (Å²) in [6.07, 6.45) is 0. The van der Waals surface area contributed by atoms with Crippen molar-refractivity contribution in [3.63, 3.8) is 0 Å². The van der Waals surface area contributed by atoms with E-state index in [2.05, 4.69) is 27.9 Å². The van der Waals surface area contributed by atoms with Gasteiger partial charge in [-0.1, -0.05) is 24.3 Å². The molecule has 3 aromatic rings. The predicted molar refractivity (Wildman–Crippen MR) is 113 cm³/mol. The number of hydrogen-bond donors (Lipinski definition) is 1. The smallest absolute Gasteiger partial charge is 0.256 e. The average Bonchev–Trinajstić information content (AvgIpc) is 2.84. The number of halogens is 3. The van der Waals surface area contributed by atoms with Crippen LogP contribution in [-0.2, 0) is 4.79 Å². The summed E-state index contributed by atoms with van der Waals surface area (Å²) in [6, 6.07) is 15.9. The Morgan fingerprint density at radius 3 is 2.41 bits per heavy atom. The maximum absolute atomic E-state index is 14.1. The highest BCUT2D eigenvalue weighted by Crippen LogP contribution is 2.37. The van der Waals surface area contributed by atoms with Crippen LogP contribution in [-0.4, -0.2) is 23.3 Å². The van der Waals surface area contributed by atoms with Gasteiger partial charge >= 0.3 is 0 Å². The lowest BCUT2D eigenvalue weighted by Crippen LogP contribution is -2.39. The van der Waals surface area contributed by atoms with E-state index in [1.54, 1.807) is 30.3 Å². The van der Waals surface area contributed by atoms with Crippen molar-refractivity contribution in [1.29, 1.82) is 0 Å². The van der Waals surface area contributed by atoms with Crippen LogP contribution >= 0.6 is 22.6 Å². The van der Waals surface area contributed by atoms with Crippen LogP contribution in [0.1, 0.15) is 27.5 Å². The van der Waals surface area contributed by atoms with Crippen molar-refractivity contribution in [1.82, 2.24) is 4.90 Å². The molecule has 0 aliphatic carbocycles. The van der Waals surface area contributed by atoms with E-state index in [1.165, 1.54) is 35.2 Å². The fourth-order valence-corrected chi connectivity index (χ4v) is 4.08. The highest BCUT2D eigenvalue weighted by molar-refractivity contribution is 14.1. The lowest BCUT2D eigenvalue weighted by atomic mass is 9.95. The summed E-state index contributed by atoms with van der Waals surface area (Å²) in [5, 5.41) is 2.74. The van der Waals surface area contributed by atoms with Gasteiger partial charge in [0.15, 0.2) is 0 Å². The van der Waals surface area contributed by atoms with E-state index in [-0.39, 0.29) is 18.4 Å². The number of carbonyl (C=O) groups excluding carboxylic acids is 2. The first-order valence-electron chi connectivity index (χ1n) is 8.84. The van der Waals surface area contributed by atoms with E-state index in [0.29, 0.717) is 22.4 Å². The molecule has 0 saturated carbocycles. The molecular weight excluding hydrogens is 489 g/mol. The summed E-state index contributed by atoms with van der Waals surface area (Å²) in [4.78, 5) is 27.4. The van der Waals surface area contributed by atoms with Gasteiger partial charge in [-0.05, 0) is 70.6 Å². The molecule has 1 heterocycles. The number of amides is 2. The molecule has 1 N–H and O–H groups in total. The van der Waals surface area contributed by atoms with Gasteiger partial charge in [0.05, 0.1) is 11.6 Å². The number of nitrogens with zero attached hydrogens (tertiary/aromatic N) is 1. The molecule has 1 aliphatic rings. The monoisotopic (exact) mass is 504 g/mol. The van der Waals surface area contributed by atoms with Gasteiger partial charge < -0.3 is 10.2 Å². The van der Waals surface area contributed by atoms with Crippen molar-refractivity contribution in [2.45, 2.75) is 6.04 Å². The molecule has 7 heteroatoms. The third-order valence-corrected chi connectivity index (χ3v) is 5.70. The molecule has 0 saturated heterocycles. The Kier molecular flexibility index (Phi) is 5.31. The topological polar surface area (TPSA) is 49.4 Å². The van der Waals surface area contributed by atoms with Crippen molar-refractivity contribution in [3.8, 4) is 0 Å². The number of hydrogen-bond acceptors (Lipinski definition) is 2. The summed E-state index contributed by atoms with van der Waals surface area (Å²) in [7, 11) is 0. The first-order chi connectivity index (χ1) is 13.9. The second-order valence-corrected chi connectivity index (χ2v) is 7.81. The van der Waals surface area contributed by atoms with E-state index >= 15 is 0 Å². The number of rotatable bonds is 2. The summed E-state index contributed by atoms with van der Waals surface area (Å²) in [6.45, 7) is -0.220. The van der Waals surface area contributed by atoms with E-state index in [0.717, 1.165) is 3.57 Å². The molecule has 3 aromatic carbocycles. The number of benzene rings is 3. The van der Waals surface area contributed by atoms with Crippen molar-refractivity contribution >= 4 is 40.1 Å². The van der Waals surface area contributed by atoms with Gasteiger partial charge in [-0.3, -0.25) is 9.59 Å². The number of carbonyl (C=O) groups is 2. The minimum atomic E-state index is -0.760. The van der Waals surface area contributed by atoms with E-state index in [1.807, 2.05) is 6.07 Å². The van der Waals surface area contributed by atoms with Crippen LogP contribution in [0.25, 0.3) is 0 Å². The van der Waals surface area contributed by atoms with Gasteiger partial charge in [-0.15, -0.1) is 0 Å². The highest BCUT2D eigenvalue weighted by Gasteiger charge is 2.34. The fourth-order valence-electron chi connectivity index (χ4n) is 3.46. The minimum Gasteiger partial charge on any atom is -0.324 e. The van der Waals surface area contributed by atoms with E-state index in [4.69, 9.17) is 0 Å². The number of nitrogens with one attached hydrogen (secondary N) is 1. The minimum absolute atomic E-state index is 0.220. The number of fused-ring (bicyclic) bond motifs is 1. The van der Waals surface area contributed by atoms with E-state index < -0.39 is 17.7 Å². The molecule has 0 bridgehead atoms. The third kappa shape index (κ3) is 3.87. The molecular formula is C22H15F2IN2O2. The summed E-state index contributed by atoms with van der Waals surface area (Å²) in [5.41, 5.74) is 1.87. The molecule has 146 valence electrons. The van der Waals surface area contributed by atoms with Gasteiger partial charge in [-0.2, -0.15) is 0 Å². The fraction of sp³-hybridized carbons (Fsp3) is 0.0909. The van der Waals surface area contributed by atoms with Crippen LogP contribution in [0.15, 0.2) is 66.7 Å². The molecule has 29 heavy (non-hydrogen) atoms. The van der Waals surface area contributed by atoms with Crippen molar-refractivity contribution < 1.29 is 18.4 Å². The van der Waals surface area contributed by atoms with Gasteiger partial charge in [0.2, 0.25) is 5.91 Å². The Balaban J connectivity index is 1.91. The van der Waals surface area contributed by atoms with Gasteiger partial charge in [0.25, 0.3) is 5.91 Å². The Morgan fingerprint density at radius 2 is 1.69 bits per heavy atom. The summed E-state index contributed by atoms with van der Waals surface area (Å²) < 4.78 is 28.4. The first-order valence-corrected chi connectivity index (χ1v) is 9.92. The molecule has 4 rings (SSSR count). The first kappa shape index (κ1) is 19.5. The molecule has 0 fully saturated rings. The second-order valence-electron chi connectivity index (χ2n) is 6.65. The zero-order valence-electron chi connectivity index (χ0n) is 15.0. The molecule has 0 aromatic heterocycles. The van der Waals surface area contributed by atoms with Crippen molar-refractivity contribution in [2.75, 3.05) is 11.9 Å². The van der Waals surface area contributed by atoms with Gasteiger partial charge in [-0.25, -0.2) is 8.78 Å². The van der Waals surface area contributed by atoms with Gasteiger partial charge in [0.1, 0.15) is 18.2 Å².